The van der Waals surface area contributed by atoms with Crippen LogP contribution in [0.4, 0.5) is 5.95 Å². The van der Waals surface area contributed by atoms with E-state index in [1.54, 1.807) is 7.11 Å². The monoisotopic (exact) mass is 361 g/mol. The van der Waals surface area contributed by atoms with E-state index in [-0.39, 0.29) is 0 Å². The third-order valence-electron chi connectivity index (χ3n) is 4.87. The molecule has 0 saturated carbocycles. The number of fused-ring (bicyclic) bond motifs is 3. The zero-order valence-electron chi connectivity index (χ0n) is 15.0. The first kappa shape index (κ1) is 16.0. The van der Waals surface area contributed by atoms with E-state index < -0.39 is 0 Å². The van der Waals surface area contributed by atoms with Crippen LogP contribution in [-0.2, 0) is 4.74 Å². The first-order valence-corrected chi connectivity index (χ1v) is 8.97. The van der Waals surface area contributed by atoms with Gasteiger partial charge < -0.3 is 14.4 Å². The summed E-state index contributed by atoms with van der Waals surface area (Å²) < 4.78 is 13.1. The molecule has 4 aromatic rings. The summed E-state index contributed by atoms with van der Waals surface area (Å²) in [6, 6.07) is 15.9. The van der Waals surface area contributed by atoms with E-state index in [1.807, 2.05) is 52.9 Å². The average Bonchev–Trinajstić information content (AvgIpc) is 3.19. The van der Waals surface area contributed by atoms with Gasteiger partial charge in [-0.2, -0.15) is 0 Å². The average molecular weight is 361 g/mol. The Hall–Kier alpha value is -3.19. The molecule has 5 rings (SSSR count). The van der Waals surface area contributed by atoms with Crippen LogP contribution >= 0.6 is 0 Å². The van der Waals surface area contributed by atoms with Gasteiger partial charge in [0.2, 0.25) is 5.95 Å². The number of morpholine rings is 1. The van der Waals surface area contributed by atoms with Gasteiger partial charge in [0, 0.05) is 18.5 Å². The van der Waals surface area contributed by atoms with Crippen molar-refractivity contribution in [2.75, 3.05) is 38.3 Å². The molecule has 2 aromatic heterocycles. The van der Waals surface area contributed by atoms with Gasteiger partial charge in [-0.3, -0.25) is 0 Å². The van der Waals surface area contributed by atoms with Gasteiger partial charge in [-0.15, -0.1) is 10.2 Å². The molecule has 0 atom stereocenters. The van der Waals surface area contributed by atoms with Crippen molar-refractivity contribution >= 4 is 22.5 Å². The lowest BCUT2D eigenvalue weighted by molar-refractivity contribution is 0.122. The second kappa shape index (κ2) is 6.51. The Bertz CT molecular complexity index is 1120. The smallest absolute Gasteiger partial charge is 0.213 e. The lowest BCUT2D eigenvalue weighted by atomic mass is 10.2. The number of aromatic nitrogens is 4. The number of rotatable bonds is 3. The molecule has 2 aromatic carbocycles. The number of nitrogens with zero attached hydrogens (tertiary/aromatic N) is 5. The third-order valence-corrected chi connectivity index (χ3v) is 4.87. The van der Waals surface area contributed by atoms with Crippen molar-refractivity contribution in [1.29, 1.82) is 0 Å². The van der Waals surface area contributed by atoms with Crippen molar-refractivity contribution < 1.29 is 9.47 Å². The van der Waals surface area contributed by atoms with Crippen molar-refractivity contribution in [2.24, 2.45) is 0 Å². The van der Waals surface area contributed by atoms with Gasteiger partial charge in [-0.25, -0.2) is 9.38 Å². The summed E-state index contributed by atoms with van der Waals surface area (Å²) in [6.07, 6.45) is 0. The molecule has 1 aliphatic rings. The number of hydrogen-bond acceptors (Lipinski definition) is 6. The Morgan fingerprint density at radius 1 is 0.963 bits per heavy atom. The molecule has 3 heterocycles. The highest BCUT2D eigenvalue weighted by atomic mass is 16.5. The second-order valence-electron chi connectivity index (χ2n) is 6.41. The molecule has 0 N–H and O–H groups in total. The number of para-hydroxylation sites is 2. The van der Waals surface area contributed by atoms with E-state index in [4.69, 9.17) is 14.5 Å². The Balaban J connectivity index is 1.84. The van der Waals surface area contributed by atoms with E-state index in [2.05, 4.69) is 15.1 Å². The van der Waals surface area contributed by atoms with E-state index in [0.717, 1.165) is 52.7 Å². The molecule has 7 heteroatoms. The quantitative estimate of drug-likeness (QED) is 0.559. The highest BCUT2D eigenvalue weighted by molar-refractivity contribution is 5.93. The largest absolute Gasteiger partial charge is 0.496 e. The summed E-state index contributed by atoms with van der Waals surface area (Å²) in [7, 11) is 1.67. The summed E-state index contributed by atoms with van der Waals surface area (Å²) >= 11 is 0. The summed E-state index contributed by atoms with van der Waals surface area (Å²) in [5.74, 6) is 2.31. The third kappa shape index (κ3) is 2.59. The van der Waals surface area contributed by atoms with Crippen molar-refractivity contribution in [3.05, 3.63) is 48.5 Å². The highest BCUT2D eigenvalue weighted by Crippen LogP contribution is 2.33. The lowest BCUT2D eigenvalue weighted by Gasteiger charge is -2.28. The van der Waals surface area contributed by atoms with Gasteiger partial charge >= 0.3 is 0 Å². The highest BCUT2D eigenvalue weighted by Gasteiger charge is 2.23. The molecule has 0 bridgehead atoms. The van der Waals surface area contributed by atoms with E-state index in [9.17, 15) is 0 Å². The molecule has 7 nitrogen and oxygen atoms in total. The normalized spacial score (nSPS) is 14.8. The molecule has 0 spiro atoms. The fourth-order valence-corrected chi connectivity index (χ4v) is 3.55. The van der Waals surface area contributed by atoms with Crippen LogP contribution in [0.5, 0.6) is 5.75 Å². The van der Waals surface area contributed by atoms with Crippen LogP contribution in [-0.4, -0.2) is 53.0 Å². The molecule has 0 amide bonds. The molecule has 1 aliphatic heterocycles. The predicted molar refractivity (Wildman–Crippen MR) is 103 cm³/mol. The topological polar surface area (TPSA) is 64.8 Å². The van der Waals surface area contributed by atoms with Crippen LogP contribution in [0.2, 0.25) is 0 Å². The van der Waals surface area contributed by atoms with Gasteiger partial charge in [-0.1, -0.05) is 24.3 Å². The zero-order valence-corrected chi connectivity index (χ0v) is 15.0. The van der Waals surface area contributed by atoms with Crippen LogP contribution in [0.15, 0.2) is 48.5 Å². The van der Waals surface area contributed by atoms with Gasteiger partial charge in [0.25, 0.3) is 0 Å². The van der Waals surface area contributed by atoms with E-state index in [0.29, 0.717) is 13.2 Å². The fraction of sp³-hybridized carbons (Fsp3) is 0.250. The maximum absolute atomic E-state index is 5.56. The zero-order chi connectivity index (χ0) is 18.2. The fourth-order valence-electron chi connectivity index (χ4n) is 3.55. The maximum atomic E-state index is 5.56. The summed E-state index contributed by atoms with van der Waals surface area (Å²) in [6.45, 7) is 2.93. The first-order chi connectivity index (χ1) is 13.4. The molecule has 27 heavy (non-hydrogen) atoms. The number of anilines is 1. The van der Waals surface area contributed by atoms with Gasteiger partial charge in [-0.05, 0) is 24.3 Å². The Morgan fingerprint density at radius 3 is 2.59 bits per heavy atom. The molecule has 1 fully saturated rings. The summed E-state index contributed by atoms with van der Waals surface area (Å²) in [4.78, 5) is 7.18. The van der Waals surface area contributed by atoms with Crippen LogP contribution < -0.4 is 9.64 Å². The number of benzene rings is 2. The van der Waals surface area contributed by atoms with Crippen LogP contribution in [0.25, 0.3) is 27.9 Å². The van der Waals surface area contributed by atoms with Gasteiger partial charge in [0.05, 0.1) is 31.4 Å². The molecule has 0 unspecified atom stereocenters. The molecule has 0 radical (unpaired) electrons. The molecular weight excluding hydrogens is 342 g/mol. The van der Waals surface area contributed by atoms with Crippen molar-refractivity contribution in [1.82, 2.24) is 19.6 Å². The van der Waals surface area contributed by atoms with Crippen LogP contribution in [0, 0.1) is 0 Å². The molecular formula is C20H19N5O2. The maximum Gasteiger partial charge on any atom is 0.213 e. The van der Waals surface area contributed by atoms with E-state index >= 15 is 0 Å². The summed E-state index contributed by atoms with van der Waals surface area (Å²) in [5, 5.41) is 10.0. The Labute approximate surface area is 156 Å². The number of ether oxygens (including phenoxy) is 2. The van der Waals surface area contributed by atoms with Crippen molar-refractivity contribution in [2.45, 2.75) is 0 Å². The predicted octanol–water partition coefficient (Wildman–Crippen LogP) is 2.79. The van der Waals surface area contributed by atoms with Crippen LogP contribution in [0.1, 0.15) is 0 Å². The van der Waals surface area contributed by atoms with Crippen LogP contribution in [0.3, 0.4) is 0 Å². The Morgan fingerprint density at radius 2 is 1.74 bits per heavy atom. The van der Waals surface area contributed by atoms with E-state index in [1.165, 1.54) is 0 Å². The lowest BCUT2D eigenvalue weighted by Crippen LogP contribution is -2.38. The summed E-state index contributed by atoms with van der Waals surface area (Å²) in [5.41, 5.74) is 2.59. The van der Waals surface area contributed by atoms with Gasteiger partial charge in [0.15, 0.2) is 11.5 Å². The number of hydrogen-bond donors (Lipinski definition) is 0. The molecule has 136 valence electrons. The molecule has 0 aliphatic carbocycles. The minimum absolute atomic E-state index is 0.683. The minimum atomic E-state index is 0.683. The minimum Gasteiger partial charge on any atom is -0.496 e. The van der Waals surface area contributed by atoms with Gasteiger partial charge in [0.1, 0.15) is 5.75 Å². The SMILES string of the molecule is COc1ccccc1-c1nnc2c3ccccc3nc(N3CCOCC3)n12. The molecule has 1 saturated heterocycles. The Kier molecular flexibility index (Phi) is 3.86. The first-order valence-electron chi connectivity index (χ1n) is 8.97. The number of methoxy groups -OCH3 is 1. The van der Waals surface area contributed by atoms with Crippen molar-refractivity contribution in [3.8, 4) is 17.1 Å². The second-order valence-corrected chi connectivity index (χ2v) is 6.41. The standard InChI is InChI=1S/C20H19N5O2/c1-26-17-9-5-3-7-15(17)19-23-22-18-14-6-2-4-8-16(14)21-20(25(18)19)24-10-12-27-13-11-24/h2-9H,10-13H2,1H3. The van der Waals surface area contributed by atoms with Crippen molar-refractivity contribution in [3.63, 3.8) is 0 Å².